The molecule has 1 saturated carbocycles. The summed E-state index contributed by atoms with van der Waals surface area (Å²) in [5.41, 5.74) is 2.32. The number of carbonyl (C=O) groups excluding carboxylic acids is 2. The van der Waals surface area contributed by atoms with E-state index in [2.05, 4.69) is 31.2 Å². The lowest BCUT2D eigenvalue weighted by atomic mass is 9.79. The Morgan fingerprint density at radius 1 is 0.939 bits per heavy atom. The second-order valence-electron chi connectivity index (χ2n) is 10.4. The van der Waals surface area contributed by atoms with Crippen molar-refractivity contribution in [2.45, 2.75) is 84.8 Å². The lowest BCUT2D eigenvalue weighted by Gasteiger charge is -2.31. The molecule has 2 aromatic rings. The van der Waals surface area contributed by atoms with Gasteiger partial charge in [0.25, 0.3) is 0 Å². The van der Waals surface area contributed by atoms with Gasteiger partial charge in [0, 0.05) is 0 Å². The summed E-state index contributed by atoms with van der Waals surface area (Å²) in [7, 11) is 0. The van der Waals surface area contributed by atoms with Crippen LogP contribution in [0.2, 0.25) is 0 Å². The third-order valence-corrected chi connectivity index (χ3v) is 6.45. The van der Waals surface area contributed by atoms with E-state index >= 15 is 0 Å². The van der Waals surface area contributed by atoms with E-state index in [0.717, 1.165) is 24.8 Å². The smallest absolute Gasteiger partial charge is 0.312 e. The lowest BCUT2D eigenvalue weighted by Crippen LogP contribution is -2.37. The molecule has 0 aromatic heterocycles. The number of ether oxygens (including phenoxy) is 2. The molecule has 0 aliphatic heterocycles. The van der Waals surface area contributed by atoms with Crippen molar-refractivity contribution in [1.29, 1.82) is 0 Å². The normalized spacial score (nSPS) is 20.4. The van der Waals surface area contributed by atoms with E-state index in [4.69, 9.17) is 9.47 Å². The highest BCUT2D eigenvalue weighted by Gasteiger charge is 2.49. The molecule has 0 heterocycles. The van der Waals surface area contributed by atoms with E-state index in [-0.39, 0.29) is 24.5 Å². The van der Waals surface area contributed by atoms with Crippen LogP contribution in [-0.4, -0.2) is 17.5 Å². The Hall–Kier alpha value is -2.62. The van der Waals surface area contributed by atoms with E-state index < -0.39 is 11.0 Å². The first kappa shape index (κ1) is 25.0. The van der Waals surface area contributed by atoms with Crippen molar-refractivity contribution in [3.8, 4) is 0 Å². The molecule has 1 aliphatic carbocycles. The van der Waals surface area contributed by atoms with Crippen LogP contribution >= 0.6 is 0 Å². The number of benzene rings is 2. The molecule has 4 heteroatoms. The van der Waals surface area contributed by atoms with Crippen LogP contribution in [0.1, 0.15) is 76.5 Å². The average molecular weight is 451 g/mol. The van der Waals surface area contributed by atoms with E-state index in [0.29, 0.717) is 25.7 Å². The first-order valence-corrected chi connectivity index (χ1v) is 12.2. The van der Waals surface area contributed by atoms with Gasteiger partial charge in [-0.05, 0) is 76.0 Å². The fraction of sp³-hybridized carbons (Fsp3) is 0.517. The Morgan fingerprint density at radius 2 is 1.58 bits per heavy atom. The summed E-state index contributed by atoms with van der Waals surface area (Å²) < 4.78 is 11.4. The van der Waals surface area contributed by atoms with E-state index in [1.807, 2.05) is 51.1 Å². The van der Waals surface area contributed by atoms with Crippen LogP contribution in [-0.2, 0) is 38.5 Å². The summed E-state index contributed by atoms with van der Waals surface area (Å²) in [6.45, 7) is 8.13. The molecule has 0 saturated heterocycles. The molecule has 2 aromatic carbocycles. The van der Waals surface area contributed by atoms with Gasteiger partial charge in [-0.3, -0.25) is 9.59 Å². The molecule has 4 nitrogen and oxygen atoms in total. The van der Waals surface area contributed by atoms with Crippen molar-refractivity contribution in [2.75, 3.05) is 0 Å². The number of hydrogen-bond donors (Lipinski definition) is 0. The van der Waals surface area contributed by atoms with Crippen LogP contribution in [0, 0.1) is 11.3 Å². The van der Waals surface area contributed by atoms with Gasteiger partial charge in [0.2, 0.25) is 0 Å². The summed E-state index contributed by atoms with van der Waals surface area (Å²) in [5.74, 6) is -0.669. The SMILES string of the molecule is CCCc1ccc(CCC2(C(=O)OC(C)(C)C)CCC(C(=O)OCc3ccccc3)C2)cc1. The molecule has 1 fully saturated rings. The number of hydrogen-bond acceptors (Lipinski definition) is 4. The molecule has 178 valence electrons. The maximum Gasteiger partial charge on any atom is 0.312 e. The van der Waals surface area contributed by atoms with Gasteiger partial charge in [-0.2, -0.15) is 0 Å². The van der Waals surface area contributed by atoms with Crippen molar-refractivity contribution in [3.63, 3.8) is 0 Å². The Balaban J connectivity index is 1.67. The second kappa shape index (κ2) is 11.0. The zero-order chi connectivity index (χ0) is 23.9. The molecule has 3 rings (SSSR count). The van der Waals surface area contributed by atoms with Crippen molar-refractivity contribution in [2.24, 2.45) is 11.3 Å². The first-order chi connectivity index (χ1) is 15.7. The quantitative estimate of drug-likeness (QED) is 0.412. The monoisotopic (exact) mass is 450 g/mol. The number of esters is 2. The topological polar surface area (TPSA) is 52.6 Å². The summed E-state index contributed by atoms with van der Waals surface area (Å²) in [6.07, 6.45) is 5.47. The Kier molecular flexibility index (Phi) is 8.34. The maximum atomic E-state index is 13.3. The highest BCUT2D eigenvalue weighted by molar-refractivity contribution is 5.81. The molecular formula is C29H38O4. The molecule has 0 bridgehead atoms. The van der Waals surface area contributed by atoms with E-state index in [1.54, 1.807) is 0 Å². The molecule has 0 N–H and O–H groups in total. The summed E-state index contributed by atoms with van der Waals surface area (Å²) >= 11 is 0. The minimum absolute atomic E-state index is 0.184. The van der Waals surface area contributed by atoms with Crippen molar-refractivity contribution < 1.29 is 19.1 Å². The lowest BCUT2D eigenvalue weighted by molar-refractivity contribution is -0.168. The van der Waals surface area contributed by atoms with Crippen LogP contribution < -0.4 is 0 Å². The van der Waals surface area contributed by atoms with Gasteiger partial charge in [0.15, 0.2) is 0 Å². The minimum atomic E-state index is -0.647. The summed E-state index contributed by atoms with van der Waals surface area (Å²) in [5, 5.41) is 0. The van der Waals surface area contributed by atoms with Gasteiger partial charge < -0.3 is 9.47 Å². The standard InChI is InChI=1S/C29H38O4/c1-5-9-22-12-14-23(15-13-22)16-18-29(27(31)33-28(2,3)4)19-17-25(20-29)26(30)32-21-24-10-7-6-8-11-24/h6-8,10-15,25H,5,9,16-21H2,1-4H3. The number of aryl methyl sites for hydroxylation is 2. The third-order valence-electron chi connectivity index (χ3n) is 6.45. The maximum absolute atomic E-state index is 13.3. The van der Waals surface area contributed by atoms with Gasteiger partial charge in [-0.25, -0.2) is 0 Å². The molecule has 0 amide bonds. The zero-order valence-electron chi connectivity index (χ0n) is 20.6. The van der Waals surface area contributed by atoms with Crippen LogP contribution in [0.4, 0.5) is 0 Å². The van der Waals surface area contributed by atoms with Crippen LogP contribution in [0.3, 0.4) is 0 Å². The molecule has 2 unspecified atom stereocenters. The van der Waals surface area contributed by atoms with E-state index in [9.17, 15) is 9.59 Å². The van der Waals surface area contributed by atoms with Crippen LogP contribution in [0.5, 0.6) is 0 Å². The molecule has 0 radical (unpaired) electrons. The van der Waals surface area contributed by atoms with E-state index in [1.165, 1.54) is 11.1 Å². The fourth-order valence-corrected chi connectivity index (χ4v) is 4.62. The van der Waals surface area contributed by atoms with Crippen molar-refractivity contribution in [1.82, 2.24) is 0 Å². The van der Waals surface area contributed by atoms with Crippen molar-refractivity contribution >= 4 is 11.9 Å². The Labute approximate surface area is 198 Å². The Bertz CT molecular complexity index is 911. The predicted molar refractivity (Wildman–Crippen MR) is 131 cm³/mol. The highest BCUT2D eigenvalue weighted by atomic mass is 16.6. The highest BCUT2D eigenvalue weighted by Crippen LogP contribution is 2.47. The van der Waals surface area contributed by atoms with Crippen molar-refractivity contribution in [3.05, 3.63) is 71.3 Å². The summed E-state index contributed by atoms with van der Waals surface area (Å²) in [4.78, 5) is 26.1. The third kappa shape index (κ3) is 7.18. The summed E-state index contributed by atoms with van der Waals surface area (Å²) in [6, 6.07) is 18.4. The second-order valence-corrected chi connectivity index (χ2v) is 10.4. The fourth-order valence-electron chi connectivity index (χ4n) is 4.62. The number of rotatable bonds is 9. The first-order valence-electron chi connectivity index (χ1n) is 12.2. The van der Waals surface area contributed by atoms with Crippen LogP contribution in [0.15, 0.2) is 54.6 Å². The largest absolute Gasteiger partial charge is 0.461 e. The van der Waals surface area contributed by atoms with Gasteiger partial charge in [0.05, 0.1) is 11.3 Å². The van der Waals surface area contributed by atoms with Crippen LogP contribution in [0.25, 0.3) is 0 Å². The molecule has 2 atom stereocenters. The predicted octanol–water partition coefficient (Wildman–Crippen LogP) is 6.44. The molecule has 1 aliphatic rings. The molecular weight excluding hydrogens is 412 g/mol. The molecule has 33 heavy (non-hydrogen) atoms. The van der Waals surface area contributed by atoms with Gasteiger partial charge >= 0.3 is 11.9 Å². The Morgan fingerprint density at radius 3 is 2.18 bits per heavy atom. The average Bonchev–Trinajstić information content (AvgIpc) is 3.23. The van der Waals surface area contributed by atoms with Gasteiger partial charge in [-0.1, -0.05) is 67.9 Å². The number of carbonyl (C=O) groups is 2. The minimum Gasteiger partial charge on any atom is -0.461 e. The molecule has 0 spiro atoms. The van der Waals surface area contributed by atoms with Gasteiger partial charge in [-0.15, -0.1) is 0 Å². The van der Waals surface area contributed by atoms with Gasteiger partial charge in [0.1, 0.15) is 12.2 Å². The zero-order valence-corrected chi connectivity index (χ0v) is 20.6.